The van der Waals surface area contributed by atoms with Crippen molar-refractivity contribution in [3.8, 4) is 5.88 Å². The van der Waals surface area contributed by atoms with E-state index in [-0.39, 0.29) is 0 Å². The third-order valence-electron chi connectivity index (χ3n) is 3.86. The molecule has 2 aliphatic carbocycles. The summed E-state index contributed by atoms with van der Waals surface area (Å²) in [6.07, 6.45) is 3.88. The first-order valence-electron chi connectivity index (χ1n) is 6.85. The third-order valence-corrected chi connectivity index (χ3v) is 3.86. The van der Waals surface area contributed by atoms with Crippen LogP contribution in [0.3, 0.4) is 0 Å². The van der Waals surface area contributed by atoms with E-state index in [9.17, 15) is 0 Å². The Kier molecular flexibility index (Phi) is 3.02. The minimum Gasteiger partial charge on any atom is -0.476 e. The van der Waals surface area contributed by atoms with Gasteiger partial charge in [-0.2, -0.15) is 4.98 Å². The highest BCUT2D eigenvalue weighted by Gasteiger charge is 2.32. The lowest BCUT2D eigenvalue weighted by Gasteiger charge is -2.10. The molecular formula is C14H21N3O. The molecule has 98 valence electrons. The number of anilines is 2. The minimum absolute atomic E-state index is 0.579. The van der Waals surface area contributed by atoms with Gasteiger partial charge in [0.1, 0.15) is 5.82 Å². The monoisotopic (exact) mass is 247 g/mol. The number of aromatic nitrogens is 1. The molecule has 0 aromatic carbocycles. The van der Waals surface area contributed by atoms with Gasteiger partial charge in [0.2, 0.25) is 5.88 Å². The quantitative estimate of drug-likeness (QED) is 0.811. The van der Waals surface area contributed by atoms with E-state index in [4.69, 9.17) is 10.5 Å². The van der Waals surface area contributed by atoms with E-state index in [0.29, 0.717) is 11.6 Å². The average Bonchev–Trinajstić information content (AvgIpc) is 3.25. The second-order valence-corrected chi connectivity index (χ2v) is 5.70. The summed E-state index contributed by atoms with van der Waals surface area (Å²) < 4.78 is 5.67. The van der Waals surface area contributed by atoms with Crippen LogP contribution in [0.15, 0.2) is 12.1 Å². The molecule has 4 nitrogen and oxygen atoms in total. The first-order chi connectivity index (χ1) is 8.72. The Morgan fingerprint density at radius 1 is 1.44 bits per heavy atom. The van der Waals surface area contributed by atoms with Crippen molar-refractivity contribution in [2.45, 2.75) is 26.2 Å². The highest BCUT2D eigenvalue weighted by Crippen LogP contribution is 2.37. The number of nitrogens with two attached hydrogens (primary N) is 1. The minimum atomic E-state index is 0.579. The van der Waals surface area contributed by atoms with E-state index in [1.807, 2.05) is 12.1 Å². The summed E-state index contributed by atoms with van der Waals surface area (Å²) in [7, 11) is 0. The van der Waals surface area contributed by atoms with Crippen molar-refractivity contribution in [3.63, 3.8) is 0 Å². The van der Waals surface area contributed by atoms with Crippen LogP contribution in [0.5, 0.6) is 5.88 Å². The molecule has 18 heavy (non-hydrogen) atoms. The van der Waals surface area contributed by atoms with Gasteiger partial charge in [-0.1, -0.05) is 6.92 Å². The fourth-order valence-electron chi connectivity index (χ4n) is 2.07. The molecule has 2 unspecified atom stereocenters. The smallest absolute Gasteiger partial charge is 0.239 e. The number of ether oxygens (including phenoxy) is 1. The van der Waals surface area contributed by atoms with Crippen molar-refractivity contribution in [1.82, 2.24) is 4.98 Å². The lowest BCUT2D eigenvalue weighted by atomic mass is 10.3. The molecule has 2 aliphatic rings. The van der Waals surface area contributed by atoms with E-state index in [1.54, 1.807) is 0 Å². The van der Waals surface area contributed by atoms with Crippen LogP contribution < -0.4 is 15.8 Å². The predicted octanol–water partition coefficient (Wildman–Crippen LogP) is 2.52. The highest BCUT2D eigenvalue weighted by atomic mass is 16.5. The van der Waals surface area contributed by atoms with Crippen LogP contribution in [0, 0.1) is 17.8 Å². The van der Waals surface area contributed by atoms with Crippen LogP contribution in [-0.2, 0) is 0 Å². The summed E-state index contributed by atoms with van der Waals surface area (Å²) in [5.41, 5.74) is 6.50. The second-order valence-electron chi connectivity index (χ2n) is 5.70. The van der Waals surface area contributed by atoms with E-state index in [0.717, 1.165) is 36.7 Å². The average molecular weight is 247 g/mol. The van der Waals surface area contributed by atoms with Gasteiger partial charge in [-0.15, -0.1) is 0 Å². The summed E-state index contributed by atoms with van der Waals surface area (Å²) in [6, 6.07) is 3.79. The van der Waals surface area contributed by atoms with Crippen LogP contribution in [0.2, 0.25) is 0 Å². The summed E-state index contributed by atoms with van der Waals surface area (Å²) >= 11 is 0. The zero-order chi connectivity index (χ0) is 12.5. The number of hydrogen-bond donors (Lipinski definition) is 2. The van der Waals surface area contributed by atoms with E-state index < -0.39 is 0 Å². The largest absolute Gasteiger partial charge is 0.476 e. The second kappa shape index (κ2) is 4.67. The molecule has 4 heteroatoms. The van der Waals surface area contributed by atoms with Gasteiger partial charge >= 0.3 is 0 Å². The number of pyridine rings is 1. The molecule has 0 aliphatic heterocycles. The van der Waals surface area contributed by atoms with Crippen molar-refractivity contribution in [3.05, 3.63) is 12.1 Å². The van der Waals surface area contributed by atoms with Crippen molar-refractivity contribution in [2.24, 2.45) is 17.8 Å². The van der Waals surface area contributed by atoms with Crippen molar-refractivity contribution in [1.29, 1.82) is 0 Å². The summed E-state index contributed by atoms with van der Waals surface area (Å²) in [4.78, 5) is 4.44. The first-order valence-corrected chi connectivity index (χ1v) is 6.85. The molecule has 1 aromatic rings. The molecule has 2 fully saturated rings. The van der Waals surface area contributed by atoms with Gasteiger partial charge in [0.15, 0.2) is 0 Å². The Morgan fingerprint density at radius 3 is 2.89 bits per heavy atom. The van der Waals surface area contributed by atoms with Gasteiger partial charge in [0.05, 0.1) is 12.3 Å². The summed E-state index contributed by atoms with van der Waals surface area (Å²) in [5, 5.41) is 3.36. The van der Waals surface area contributed by atoms with E-state index >= 15 is 0 Å². The molecule has 0 radical (unpaired) electrons. The van der Waals surface area contributed by atoms with Gasteiger partial charge in [-0.3, -0.25) is 0 Å². The predicted molar refractivity (Wildman–Crippen MR) is 72.6 cm³/mol. The SMILES string of the molecule is CC1CC1CNc1ccc(N)c(OCC2CC2)n1. The molecule has 3 N–H and O–H groups in total. The Labute approximate surface area is 108 Å². The van der Waals surface area contributed by atoms with Crippen LogP contribution >= 0.6 is 0 Å². The lowest BCUT2D eigenvalue weighted by molar-refractivity contribution is 0.290. The van der Waals surface area contributed by atoms with Crippen molar-refractivity contribution in [2.75, 3.05) is 24.2 Å². The van der Waals surface area contributed by atoms with Gasteiger partial charge in [-0.25, -0.2) is 0 Å². The Bertz CT molecular complexity index is 431. The maximum atomic E-state index is 5.87. The van der Waals surface area contributed by atoms with Crippen molar-refractivity contribution >= 4 is 11.5 Å². The zero-order valence-electron chi connectivity index (χ0n) is 10.9. The topological polar surface area (TPSA) is 60.2 Å². The van der Waals surface area contributed by atoms with Crippen LogP contribution in [0.4, 0.5) is 11.5 Å². The number of nitrogens with one attached hydrogen (secondary N) is 1. The van der Waals surface area contributed by atoms with Crippen LogP contribution in [-0.4, -0.2) is 18.1 Å². The summed E-state index contributed by atoms with van der Waals surface area (Å²) in [6.45, 7) is 4.04. The van der Waals surface area contributed by atoms with Gasteiger partial charge < -0.3 is 15.8 Å². The van der Waals surface area contributed by atoms with Crippen molar-refractivity contribution < 1.29 is 4.74 Å². The Balaban J connectivity index is 1.57. The standard InChI is InChI=1S/C14H21N3O/c1-9-6-11(9)7-16-13-5-4-12(15)14(17-13)18-8-10-2-3-10/h4-5,9-11H,2-3,6-8,15H2,1H3,(H,16,17). The van der Waals surface area contributed by atoms with Gasteiger partial charge in [0.25, 0.3) is 0 Å². The molecule has 0 amide bonds. The van der Waals surface area contributed by atoms with Crippen LogP contribution in [0.1, 0.15) is 26.2 Å². The maximum Gasteiger partial charge on any atom is 0.239 e. The lowest BCUT2D eigenvalue weighted by Crippen LogP contribution is -2.09. The number of rotatable bonds is 6. The van der Waals surface area contributed by atoms with E-state index in [2.05, 4.69) is 17.2 Å². The molecule has 0 bridgehead atoms. The molecule has 1 aromatic heterocycles. The normalized spacial score (nSPS) is 25.8. The van der Waals surface area contributed by atoms with Gasteiger partial charge in [-0.05, 0) is 49.1 Å². The molecule has 0 saturated heterocycles. The summed E-state index contributed by atoms with van der Waals surface area (Å²) in [5.74, 6) is 3.83. The molecule has 0 spiro atoms. The molecule has 2 atom stereocenters. The number of nitrogen functional groups attached to an aromatic ring is 1. The number of hydrogen-bond acceptors (Lipinski definition) is 4. The molecular weight excluding hydrogens is 226 g/mol. The Morgan fingerprint density at radius 2 is 2.22 bits per heavy atom. The zero-order valence-corrected chi connectivity index (χ0v) is 10.9. The molecule has 1 heterocycles. The molecule has 3 rings (SSSR count). The molecule has 2 saturated carbocycles. The highest BCUT2D eigenvalue weighted by molar-refractivity contribution is 5.53. The van der Waals surface area contributed by atoms with Gasteiger partial charge in [0, 0.05) is 6.54 Å². The Hall–Kier alpha value is -1.45. The first kappa shape index (κ1) is 11.6. The number of nitrogens with zero attached hydrogens (tertiary/aromatic N) is 1. The third kappa shape index (κ3) is 2.86. The fourth-order valence-corrected chi connectivity index (χ4v) is 2.07. The van der Waals surface area contributed by atoms with E-state index in [1.165, 1.54) is 19.3 Å². The van der Waals surface area contributed by atoms with Crippen LogP contribution in [0.25, 0.3) is 0 Å². The fraction of sp³-hybridized carbons (Fsp3) is 0.643. The maximum absolute atomic E-state index is 5.87.